The van der Waals surface area contributed by atoms with Crippen LogP contribution in [0, 0.1) is 5.92 Å². The number of nitrogens with zero attached hydrogens (tertiary/aromatic N) is 1. The predicted molar refractivity (Wildman–Crippen MR) is 68.0 cm³/mol. The van der Waals surface area contributed by atoms with Gasteiger partial charge in [0.2, 0.25) is 0 Å². The summed E-state index contributed by atoms with van der Waals surface area (Å²) in [6, 6.07) is 0. The van der Waals surface area contributed by atoms with E-state index in [0.717, 1.165) is 6.20 Å². The molecule has 0 aliphatic carbocycles. The number of carbonyl (C=O) groups excluding carboxylic acids is 1. The number of aliphatic hydroxyl groups is 1. The number of aromatic amines is 2. The molecule has 1 unspecified atom stereocenters. The molecule has 1 amide bonds. The van der Waals surface area contributed by atoms with E-state index in [4.69, 9.17) is 0 Å². The van der Waals surface area contributed by atoms with Gasteiger partial charge >= 0.3 is 5.69 Å². The normalized spacial score (nSPS) is 18.3. The molecule has 2 heterocycles. The number of amides is 1. The third-order valence-corrected chi connectivity index (χ3v) is 3.56. The second kappa shape index (κ2) is 5.40. The molecule has 7 nitrogen and oxygen atoms in total. The Bertz CT molecular complexity index is 567. The van der Waals surface area contributed by atoms with E-state index in [0.29, 0.717) is 25.9 Å². The molecule has 2 rings (SSSR count). The van der Waals surface area contributed by atoms with Crippen LogP contribution < -0.4 is 11.2 Å². The molecule has 3 N–H and O–H groups in total. The van der Waals surface area contributed by atoms with Gasteiger partial charge in [-0.25, -0.2) is 4.79 Å². The van der Waals surface area contributed by atoms with Gasteiger partial charge in [-0.05, 0) is 25.7 Å². The number of hydrogen-bond donors (Lipinski definition) is 3. The van der Waals surface area contributed by atoms with Crippen molar-refractivity contribution in [3.63, 3.8) is 0 Å². The highest BCUT2D eigenvalue weighted by Gasteiger charge is 2.27. The monoisotopic (exact) mass is 267 g/mol. The molecule has 1 aromatic rings. The van der Waals surface area contributed by atoms with Crippen LogP contribution in [-0.2, 0) is 0 Å². The van der Waals surface area contributed by atoms with E-state index in [1.54, 1.807) is 11.8 Å². The molecule has 1 aromatic heterocycles. The van der Waals surface area contributed by atoms with Gasteiger partial charge in [0, 0.05) is 19.3 Å². The fourth-order valence-corrected chi connectivity index (χ4v) is 2.32. The Balaban J connectivity index is 2.09. The van der Waals surface area contributed by atoms with Crippen molar-refractivity contribution in [3.8, 4) is 0 Å². The maximum Gasteiger partial charge on any atom is 0.325 e. The zero-order chi connectivity index (χ0) is 14.0. The number of aliphatic hydroxyl groups excluding tert-OH is 1. The summed E-state index contributed by atoms with van der Waals surface area (Å²) in [6.07, 6.45) is 2.19. The molecule has 1 aliphatic rings. The average molecular weight is 267 g/mol. The van der Waals surface area contributed by atoms with E-state index in [1.807, 2.05) is 4.98 Å². The minimum Gasteiger partial charge on any atom is -0.393 e. The number of carbonyl (C=O) groups is 1. The van der Waals surface area contributed by atoms with Crippen molar-refractivity contribution in [2.24, 2.45) is 5.92 Å². The topological polar surface area (TPSA) is 106 Å². The Labute approximate surface area is 109 Å². The van der Waals surface area contributed by atoms with E-state index >= 15 is 0 Å². The Hall–Kier alpha value is -1.89. The van der Waals surface area contributed by atoms with E-state index in [9.17, 15) is 19.5 Å². The van der Waals surface area contributed by atoms with E-state index in [-0.39, 0.29) is 23.5 Å². The third-order valence-electron chi connectivity index (χ3n) is 3.56. The third kappa shape index (κ3) is 2.93. The van der Waals surface area contributed by atoms with E-state index in [1.165, 1.54) is 0 Å². The molecule has 0 aromatic carbocycles. The lowest BCUT2D eigenvalue weighted by Crippen LogP contribution is -2.43. The molecule has 0 spiro atoms. The van der Waals surface area contributed by atoms with Gasteiger partial charge in [0.15, 0.2) is 0 Å². The Morgan fingerprint density at radius 3 is 2.58 bits per heavy atom. The molecule has 1 saturated heterocycles. The van der Waals surface area contributed by atoms with Crippen LogP contribution in [0.15, 0.2) is 15.8 Å². The Morgan fingerprint density at radius 1 is 1.42 bits per heavy atom. The van der Waals surface area contributed by atoms with E-state index in [2.05, 4.69) is 4.98 Å². The van der Waals surface area contributed by atoms with Crippen LogP contribution in [-0.4, -0.2) is 45.1 Å². The first-order valence-electron chi connectivity index (χ1n) is 6.28. The number of H-pyrrole nitrogens is 2. The van der Waals surface area contributed by atoms with Crippen molar-refractivity contribution in [2.75, 3.05) is 13.1 Å². The van der Waals surface area contributed by atoms with Crippen molar-refractivity contribution in [3.05, 3.63) is 32.6 Å². The van der Waals surface area contributed by atoms with Gasteiger partial charge in [-0.15, -0.1) is 0 Å². The summed E-state index contributed by atoms with van der Waals surface area (Å²) in [5.41, 5.74) is -1.36. The molecule has 1 aliphatic heterocycles. The SMILES string of the molecule is CC(O)C1CCN(C(=O)c2c[nH]c(=O)[nH]c2=O)CC1. The van der Waals surface area contributed by atoms with Gasteiger partial charge in [-0.2, -0.15) is 0 Å². The van der Waals surface area contributed by atoms with Gasteiger partial charge in [0.1, 0.15) is 5.56 Å². The quantitative estimate of drug-likeness (QED) is 0.658. The fraction of sp³-hybridized carbons (Fsp3) is 0.583. The number of likely N-dealkylation sites (tertiary alicyclic amines) is 1. The van der Waals surface area contributed by atoms with Crippen LogP contribution in [0.1, 0.15) is 30.1 Å². The number of hydrogen-bond acceptors (Lipinski definition) is 4. The zero-order valence-corrected chi connectivity index (χ0v) is 10.7. The number of nitrogens with one attached hydrogen (secondary N) is 2. The predicted octanol–water partition coefficient (Wildman–Crippen LogP) is -0.704. The lowest BCUT2D eigenvalue weighted by Gasteiger charge is -2.33. The number of rotatable bonds is 2. The van der Waals surface area contributed by atoms with Crippen LogP contribution in [0.3, 0.4) is 0 Å². The Kier molecular flexibility index (Phi) is 3.84. The molecule has 1 atom stereocenters. The molecule has 0 bridgehead atoms. The second-order valence-corrected chi connectivity index (χ2v) is 4.86. The lowest BCUT2D eigenvalue weighted by molar-refractivity contribution is 0.0519. The van der Waals surface area contributed by atoms with Crippen LogP contribution in [0.4, 0.5) is 0 Å². The van der Waals surface area contributed by atoms with Crippen molar-refractivity contribution < 1.29 is 9.90 Å². The summed E-state index contributed by atoms with van der Waals surface area (Å²) in [6.45, 7) is 2.76. The molecule has 1 fully saturated rings. The van der Waals surface area contributed by atoms with Gasteiger partial charge in [0.25, 0.3) is 11.5 Å². The largest absolute Gasteiger partial charge is 0.393 e. The molecular weight excluding hydrogens is 250 g/mol. The first-order valence-corrected chi connectivity index (χ1v) is 6.28. The van der Waals surface area contributed by atoms with Crippen molar-refractivity contribution in [1.29, 1.82) is 0 Å². The molecule has 0 saturated carbocycles. The second-order valence-electron chi connectivity index (χ2n) is 4.86. The van der Waals surface area contributed by atoms with Crippen molar-refractivity contribution in [1.82, 2.24) is 14.9 Å². The lowest BCUT2D eigenvalue weighted by atomic mass is 9.92. The maximum absolute atomic E-state index is 12.1. The molecule has 0 radical (unpaired) electrons. The highest BCUT2D eigenvalue weighted by Crippen LogP contribution is 2.21. The first kappa shape index (κ1) is 13.5. The summed E-state index contributed by atoms with van der Waals surface area (Å²) in [5.74, 6) is -0.195. The number of piperidine rings is 1. The number of aromatic nitrogens is 2. The van der Waals surface area contributed by atoms with Crippen LogP contribution >= 0.6 is 0 Å². The minimum atomic E-state index is -0.675. The zero-order valence-electron chi connectivity index (χ0n) is 10.7. The summed E-state index contributed by atoms with van der Waals surface area (Å²) in [7, 11) is 0. The van der Waals surface area contributed by atoms with Crippen molar-refractivity contribution in [2.45, 2.75) is 25.9 Å². The standard InChI is InChI=1S/C12H17N3O4/c1-7(16)8-2-4-15(5-3-8)11(18)9-6-13-12(19)14-10(9)17/h6-8,16H,2-5H2,1H3,(H2,13,14,17,19). The fourth-order valence-electron chi connectivity index (χ4n) is 2.32. The highest BCUT2D eigenvalue weighted by molar-refractivity contribution is 5.93. The summed E-state index contributed by atoms with van der Waals surface area (Å²) < 4.78 is 0. The van der Waals surface area contributed by atoms with Gasteiger partial charge in [-0.3, -0.25) is 14.6 Å². The molecule has 19 heavy (non-hydrogen) atoms. The summed E-state index contributed by atoms with van der Waals surface area (Å²) in [4.78, 5) is 40.5. The van der Waals surface area contributed by atoms with E-state index < -0.39 is 11.2 Å². The Morgan fingerprint density at radius 2 is 2.05 bits per heavy atom. The maximum atomic E-state index is 12.1. The summed E-state index contributed by atoms with van der Waals surface area (Å²) in [5, 5.41) is 9.50. The molecule has 104 valence electrons. The van der Waals surface area contributed by atoms with Gasteiger partial charge in [-0.1, -0.05) is 0 Å². The highest BCUT2D eigenvalue weighted by atomic mass is 16.3. The van der Waals surface area contributed by atoms with Gasteiger partial charge in [0.05, 0.1) is 6.10 Å². The first-order chi connectivity index (χ1) is 8.99. The van der Waals surface area contributed by atoms with Crippen molar-refractivity contribution >= 4 is 5.91 Å². The minimum absolute atomic E-state index is 0.0601. The molecule has 7 heteroatoms. The molecular formula is C12H17N3O4. The van der Waals surface area contributed by atoms with Crippen LogP contribution in [0.5, 0.6) is 0 Å². The smallest absolute Gasteiger partial charge is 0.325 e. The van der Waals surface area contributed by atoms with Crippen LogP contribution in [0.25, 0.3) is 0 Å². The van der Waals surface area contributed by atoms with Crippen LogP contribution in [0.2, 0.25) is 0 Å². The summed E-state index contributed by atoms with van der Waals surface area (Å²) >= 11 is 0. The average Bonchev–Trinajstić information content (AvgIpc) is 2.38. The van der Waals surface area contributed by atoms with Gasteiger partial charge < -0.3 is 15.0 Å².